The molecule has 1 aromatic rings. The maximum Gasteiger partial charge on any atom is 0.393 e. The molecule has 1 saturated heterocycles. The van der Waals surface area contributed by atoms with Crippen LogP contribution in [0.25, 0.3) is 0 Å². The average Bonchev–Trinajstić information content (AvgIpc) is 2.95. The molecule has 1 fully saturated rings. The summed E-state index contributed by atoms with van der Waals surface area (Å²) in [4.78, 5) is 19.3. The fourth-order valence-electron chi connectivity index (χ4n) is 2.73. The van der Waals surface area contributed by atoms with Crippen LogP contribution < -0.4 is 0 Å². The van der Waals surface area contributed by atoms with E-state index in [9.17, 15) is 18.0 Å². The second kappa shape index (κ2) is 6.08. The topological polar surface area (TPSA) is 41.4 Å². The molecule has 0 aromatic carbocycles. The molecule has 22 heavy (non-hydrogen) atoms. The van der Waals surface area contributed by atoms with E-state index in [1.54, 1.807) is 18.7 Å². The lowest BCUT2D eigenvalue weighted by atomic mass is 9.94. The van der Waals surface area contributed by atoms with Crippen LogP contribution in [0.1, 0.15) is 5.82 Å². The molecule has 124 valence electrons. The van der Waals surface area contributed by atoms with Crippen molar-refractivity contribution in [3.63, 3.8) is 0 Å². The molecule has 5 nitrogen and oxygen atoms in total. The zero-order valence-electron chi connectivity index (χ0n) is 12.6. The normalized spacial score (nSPS) is 23.0. The largest absolute Gasteiger partial charge is 0.393 e. The van der Waals surface area contributed by atoms with Crippen molar-refractivity contribution in [1.82, 2.24) is 19.4 Å². The van der Waals surface area contributed by atoms with Crippen LogP contribution in [0, 0.1) is 11.8 Å². The van der Waals surface area contributed by atoms with Crippen LogP contribution in [0.15, 0.2) is 6.20 Å². The van der Waals surface area contributed by atoms with Crippen molar-refractivity contribution >= 4 is 17.5 Å². The molecule has 0 unspecified atom stereocenters. The first-order valence-corrected chi connectivity index (χ1v) is 7.15. The van der Waals surface area contributed by atoms with Gasteiger partial charge >= 0.3 is 6.18 Å². The molecule has 0 aliphatic carbocycles. The van der Waals surface area contributed by atoms with Gasteiger partial charge in [-0.25, -0.2) is 4.98 Å². The third kappa shape index (κ3) is 3.38. The number of aromatic nitrogens is 2. The van der Waals surface area contributed by atoms with Gasteiger partial charge < -0.3 is 14.4 Å². The van der Waals surface area contributed by atoms with Crippen LogP contribution >= 0.6 is 11.6 Å². The number of amides is 1. The molecule has 0 bridgehead atoms. The number of hydrogen-bond acceptors (Lipinski definition) is 3. The number of carbonyl (C=O) groups is 1. The lowest BCUT2D eigenvalue weighted by Crippen LogP contribution is -2.41. The molecule has 0 radical (unpaired) electrons. The minimum Gasteiger partial charge on any atom is -0.338 e. The highest BCUT2D eigenvalue weighted by atomic mass is 35.5. The van der Waals surface area contributed by atoms with E-state index in [0.29, 0.717) is 11.0 Å². The molecule has 1 aromatic heterocycles. The number of nitrogens with zero attached hydrogens (tertiary/aromatic N) is 4. The zero-order chi connectivity index (χ0) is 16.7. The Morgan fingerprint density at radius 3 is 2.59 bits per heavy atom. The fourth-order valence-corrected chi connectivity index (χ4v) is 2.87. The van der Waals surface area contributed by atoms with Crippen LogP contribution in [0.2, 0.25) is 5.15 Å². The predicted molar refractivity (Wildman–Crippen MR) is 75.2 cm³/mol. The summed E-state index contributed by atoms with van der Waals surface area (Å²) in [5.74, 6) is -2.70. The van der Waals surface area contributed by atoms with Gasteiger partial charge in [-0.1, -0.05) is 11.6 Å². The third-order valence-electron chi connectivity index (χ3n) is 4.02. The van der Waals surface area contributed by atoms with Gasteiger partial charge in [0.1, 0.15) is 11.0 Å². The van der Waals surface area contributed by atoms with Gasteiger partial charge in [0.25, 0.3) is 0 Å². The van der Waals surface area contributed by atoms with Gasteiger partial charge in [0.15, 0.2) is 0 Å². The third-order valence-corrected chi connectivity index (χ3v) is 4.37. The maximum absolute atomic E-state index is 13.1. The summed E-state index contributed by atoms with van der Waals surface area (Å²) >= 11 is 5.86. The molecule has 1 amide bonds. The van der Waals surface area contributed by atoms with Gasteiger partial charge in [-0.15, -0.1) is 0 Å². The molecule has 1 aliphatic heterocycles. The number of hydrogen-bond donors (Lipinski definition) is 0. The van der Waals surface area contributed by atoms with Crippen molar-refractivity contribution in [1.29, 1.82) is 0 Å². The van der Waals surface area contributed by atoms with Crippen LogP contribution in [-0.2, 0) is 18.4 Å². The Morgan fingerprint density at radius 1 is 1.45 bits per heavy atom. The van der Waals surface area contributed by atoms with E-state index in [4.69, 9.17) is 11.6 Å². The average molecular weight is 339 g/mol. The number of likely N-dealkylation sites (tertiary alicyclic amines) is 1. The van der Waals surface area contributed by atoms with E-state index in [1.165, 1.54) is 23.0 Å². The summed E-state index contributed by atoms with van der Waals surface area (Å²) in [5, 5.41) is 0.407. The summed E-state index contributed by atoms with van der Waals surface area (Å²) in [5.41, 5.74) is 0. The van der Waals surface area contributed by atoms with Crippen molar-refractivity contribution in [2.45, 2.75) is 12.7 Å². The Labute approximate surface area is 131 Å². The zero-order valence-corrected chi connectivity index (χ0v) is 13.3. The van der Waals surface area contributed by atoms with E-state index >= 15 is 0 Å². The molecule has 0 N–H and O–H groups in total. The van der Waals surface area contributed by atoms with Crippen LogP contribution in [0.4, 0.5) is 13.2 Å². The number of imidazole rings is 1. The summed E-state index contributed by atoms with van der Waals surface area (Å²) < 4.78 is 40.8. The highest BCUT2D eigenvalue weighted by molar-refractivity contribution is 6.29. The Kier molecular flexibility index (Phi) is 4.72. The first kappa shape index (κ1) is 17.1. The van der Waals surface area contributed by atoms with Crippen molar-refractivity contribution in [2.75, 3.05) is 27.2 Å². The van der Waals surface area contributed by atoms with Crippen molar-refractivity contribution in [3.05, 3.63) is 17.2 Å². The smallest absolute Gasteiger partial charge is 0.338 e. The lowest BCUT2D eigenvalue weighted by Gasteiger charge is -2.25. The lowest BCUT2D eigenvalue weighted by molar-refractivity contribution is -0.185. The Balaban J connectivity index is 2.11. The van der Waals surface area contributed by atoms with E-state index in [2.05, 4.69) is 4.98 Å². The number of carbonyl (C=O) groups excluding carboxylic acids is 1. The quantitative estimate of drug-likeness (QED) is 0.843. The molecule has 1 aliphatic rings. The molecule has 0 saturated carbocycles. The van der Waals surface area contributed by atoms with Gasteiger partial charge in [0.2, 0.25) is 5.91 Å². The second-order valence-electron chi connectivity index (χ2n) is 5.73. The highest BCUT2D eigenvalue weighted by Gasteiger charge is 2.52. The Bertz CT molecular complexity index is 560. The highest BCUT2D eigenvalue weighted by Crippen LogP contribution is 2.37. The monoisotopic (exact) mass is 338 g/mol. The minimum atomic E-state index is -4.38. The minimum absolute atomic E-state index is 0.106. The molecule has 0 spiro atoms. The molecule has 2 atom stereocenters. The maximum atomic E-state index is 13.1. The first-order chi connectivity index (χ1) is 10.1. The number of halogens is 4. The van der Waals surface area contributed by atoms with Gasteiger partial charge in [-0.3, -0.25) is 4.79 Å². The van der Waals surface area contributed by atoms with Crippen LogP contribution in [-0.4, -0.2) is 58.6 Å². The summed E-state index contributed by atoms with van der Waals surface area (Å²) in [6, 6.07) is 0. The van der Waals surface area contributed by atoms with E-state index in [1.807, 2.05) is 0 Å². The van der Waals surface area contributed by atoms with Crippen LogP contribution in [0.3, 0.4) is 0 Å². The SMILES string of the molecule is CN1C[C@@H](C(F)(F)F)[C@H](C(=O)N(C)Cc2ncc(Cl)n2C)C1. The summed E-state index contributed by atoms with van der Waals surface area (Å²) in [6.45, 7) is 0.0729. The van der Waals surface area contributed by atoms with Crippen LogP contribution in [0.5, 0.6) is 0 Å². The molecule has 9 heteroatoms. The van der Waals surface area contributed by atoms with Gasteiger partial charge in [-0.2, -0.15) is 13.2 Å². The predicted octanol–water partition coefficient (Wildman–Crippen LogP) is 1.77. The summed E-state index contributed by atoms with van der Waals surface area (Å²) in [6.07, 6.45) is -2.93. The van der Waals surface area contributed by atoms with E-state index in [-0.39, 0.29) is 19.6 Å². The fraction of sp³-hybridized carbons (Fsp3) is 0.692. The molecule has 2 rings (SSSR count). The van der Waals surface area contributed by atoms with Gasteiger partial charge in [-0.05, 0) is 7.05 Å². The Hall–Kier alpha value is -1.28. The van der Waals surface area contributed by atoms with Gasteiger partial charge in [0.05, 0.1) is 24.6 Å². The second-order valence-corrected chi connectivity index (χ2v) is 6.11. The standard InChI is InChI=1S/C13H18ClF3N4O/c1-19-5-8(9(6-19)13(15,16)17)12(22)20(2)7-11-18-4-10(14)21(11)3/h4,8-9H,5-7H2,1-3H3/t8-,9-/m1/s1. The van der Waals surface area contributed by atoms with Gasteiger partial charge in [0, 0.05) is 27.2 Å². The Morgan fingerprint density at radius 2 is 2.09 bits per heavy atom. The van der Waals surface area contributed by atoms with Crippen molar-refractivity contribution in [3.8, 4) is 0 Å². The number of alkyl halides is 3. The van der Waals surface area contributed by atoms with E-state index < -0.39 is 23.9 Å². The van der Waals surface area contributed by atoms with E-state index in [0.717, 1.165) is 0 Å². The first-order valence-electron chi connectivity index (χ1n) is 6.77. The molecule has 2 heterocycles. The van der Waals surface area contributed by atoms with Crippen molar-refractivity contribution in [2.24, 2.45) is 18.9 Å². The van der Waals surface area contributed by atoms with Crippen molar-refractivity contribution < 1.29 is 18.0 Å². The molecular weight excluding hydrogens is 321 g/mol. The summed E-state index contributed by atoms with van der Waals surface area (Å²) in [7, 11) is 4.76. The molecular formula is C13H18ClF3N4O. The number of rotatable bonds is 3.